The first-order valence-electron chi connectivity index (χ1n) is 11.4. The number of fused-ring (bicyclic) bond motifs is 2. The van der Waals surface area contributed by atoms with E-state index >= 15 is 0 Å². The van der Waals surface area contributed by atoms with Crippen LogP contribution in [0.4, 0.5) is 10.2 Å². The lowest BCUT2D eigenvalue weighted by Crippen LogP contribution is -2.57. The highest BCUT2D eigenvalue weighted by Gasteiger charge is 2.34. The van der Waals surface area contributed by atoms with Crippen LogP contribution in [0, 0.1) is 11.7 Å². The van der Waals surface area contributed by atoms with Crippen LogP contribution < -0.4 is 9.64 Å². The van der Waals surface area contributed by atoms with E-state index in [2.05, 4.69) is 15.0 Å². The van der Waals surface area contributed by atoms with Crippen molar-refractivity contribution in [1.29, 1.82) is 0 Å². The number of anilines is 1. The van der Waals surface area contributed by atoms with Crippen LogP contribution in [0.1, 0.15) is 18.4 Å². The van der Waals surface area contributed by atoms with Gasteiger partial charge in [-0.2, -0.15) is 8.42 Å². The molecule has 0 amide bonds. The smallest absolute Gasteiger partial charge is 0.264 e. The first-order chi connectivity index (χ1) is 16.3. The molecule has 2 aliphatic rings. The summed E-state index contributed by atoms with van der Waals surface area (Å²) in [6, 6.07) is 12.3. The van der Waals surface area contributed by atoms with Crippen LogP contribution in [0.2, 0.25) is 0 Å². The lowest BCUT2D eigenvalue weighted by molar-refractivity contribution is 0.0726. The van der Waals surface area contributed by atoms with Gasteiger partial charge in [-0.3, -0.25) is 9.08 Å². The molecule has 2 atom stereocenters. The van der Waals surface area contributed by atoms with Gasteiger partial charge >= 0.3 is 0 Å². The van der Waals surface area contributed by atoms with Crippen molar-refractivity contribution in [1.82, 2.24) is 10.1 Å². The number of ether oxygens (including phenoxy) is 1. The molecule has 1 aromatic heterocycles. The topological polar surface area (TPSA) is 85.1 Å². The number of nitrogens with zero attached hydrogens (tertiary/aromatic N) is 3. The first kappa shape index (κ1) is 23.1. The number of piperazine rings is 1. The standard InChI is InChI=1S/C24H28FN3O5S/c1-34(29,30)32-16-17-3-2-4-21(11-17)31-15-18-5-7-20-14-28(10-9-27(20)13-18)24-22-12-19(25)6-8-23(22)33-26-24/h2-4,6,8,11-12,18,20H,5,7,9-10,13-16H2,1H3/t18-,20+/m1/s1. The zero-order valence-corrected chi connectivity index (χ0v) is 19.8. The molecule has 0 saturated carbocycles. The molecule has 2 saturated heterocycles. The minimum absolute atomic E-state index is 0.00112. The molecule has 8 nitrogen and oxygen atoms in total. The number of halogens is 1. The first-order valence-corrected chi connectivity index (χ1v) is 13.3. The van der Waals surface area contributed by atoms with Gasteiger partial charge in [-0.15, -0.1) is 0 Å². The van der Waals surface area contributed by atoms with Gasteiger partial charge in [-0.25, -0.2) is 4.39 Å². The van der Waals surface area contributed by atoms with E-state index in [-0.39, 0.29) is 12.4 Å². The maximum Gasteiger partial charge on any atom is 0.264 e. The molecule has 0 aliphatic carbocycles. The summed E-state index contributed by atoms with van der Waals surface area (Å²) in [6.45, 7) is 4.13. The molecule has 182 valence electrons. The van der Waals surface area contributed by atoms with Gasteiger partial charge in [0, 0.05) is 38.1 Å². The van der Waals surface area contributed by atoms with Gasteiger partial charge in [0.1, 0.15) is 11.6 Å². The third kappa shape index (κ3) is 5.34. The number of hydrogen-bond acceptors (Lipinski definition) is 8. The van der Waals surface area contributed by atoms with Gasteiger partial charge in [0.25, 0.3) is 10.1 Å². The molecule has 2 fully saturated rings. The van der Waals surface area contributed by atoms with Gasteiger partial charge in [-0.1, -0.05) is 17.3 Å². The zero-order valence-electron chi connectivity index (χ0n) is 19.0. The van der Waals surface area contributed by atoms with Crippen LogP contribution in [0.15, 0.2) is 47.0 Å². The van der Waals surface area contributed by atoms with Crippen LogP contribution in [-0.4, -0.2) is 63.6 Å². The molecular weight excluding hydrogens is 461 g/mol. The SMILES string of the molecule is CS(=O)(=O)OCc1cccc(OC[C@@H]2CC[C@H]3CN(c4noc5ccc(F)cc45)CCN3C2)c1. The molecule has 0 N–H and O–H groups in total. The van der Waals surface area contributed by atoms with Crippen molar-refractivity contribution in [2.45, 2.75) is 25.5 Å². The Kier molecular flexibility index (Phi) is 6.46. The fourth-order valence-electron chi connectivity index (χ4n) is 4.83. The molecule has 0 spiro atoms. The molecule has 34 heavy (non-hydrogen) atoms. The quantitative estimate of drug-likeness (QED) is 0.467. The number of aromatic nitrogens is 1. The molecule has 3 heterocycles. The predicted molar refractivity (Wildman–Crippen MR) is 126 cm³/mol. The van der Waals surface area contributed by atoms with E-state index < -0.39 is 10.1 Å². The fraction of sp³-hybridized carbons (Fsp3) is 0.458. The van der Waals surface area contributed by atoms with Crippen LogP contribution in [0.3, 0.4) is 0 Å². The lowest BCUT2D eigenvalue weighted by atomic mass is 9.91. The Morgan fingerprint density at radius 3 is 2.88 bits per heavy atom. The van der Waals surface area contributed by atoms with Crippen molar-refractivity contribution in [2.75, 3.05) is 43.9 Å². The second kappa shape index (κ2) is 9.52. The van der Waals surface area contributed by atoms with E-state index in [0.717, 1.165) is 62.0 Å². The van der Waals surface area contributed by atoms with E-state index in [9.17, 15) is 12.8 Å². The Hall–Kier alpha value is -2.69. The van der Waals surface area contributed by atoms with Crippen LogP contribution in [0.5, 0.6) is 5.75 Å². The molecule has 2 aliphatic heterocycles. The van der Waals surface area contributed by atoms with Crippen molar-refractivity contribution in [3.05, 3.63) is 53.8 Å². The van der Waals surface area contributed by atoms with Gasteiger partial charge in [0.2, 0.25) is 0 Å². The maximum atomic E-state index is 13.7. The summed E-state index contributed by atoms with van der Waals surface area (Å²) in [4.78, 5) is 4.71. The summed E-state index contributed by atoms with van der Waals surface area (Å²) in [5, 5.41) is 4.93. The van der Waals surface area contributed by atoms with E-state index in [1.54, 1.807) is 6.07 Å². The van der Waals surface area contributed by atoms with E-state index in [4.69, 9.17) is 13.4 Å². The lowest BCUT2D eigenvalue weighted by Gasteiger charge is -2.46. The molecule has 5 rings (SSSR count). The van der Waals surface area contributed by atoms with Crippen molar-refractivity contribution in [2.24, 2.45) is 5.92 Å². The third-order valence-corrected chi connectivity index (χ3v) is 7.09. The third-order valence-electron chi connectivity index (χ3n) is 6.54. The fourth-order valence-corrected chi connectivity index (χ4v) is 5.18. The molecule has 3 aromatic rings. The Balaban J connectivity index is 1.15. The minimum Gasteiger partial charge on any atom is -0.493 e. The van der Waals surface area contributed by atoms with Gasteiger partial charge in [-0.05, 0) is 48.7 Å². The molecule has 10 heteroatoms. The van der Waals surface area contributed by atoms with Crippen LogP contribution >= 0.6 is 0 Å². The van der Waals surface area contributed by atoms with Crippen LogP contribution in [-0.2, 0) is 20.9 Å². The average molecular weight is 490 g/mol. The zero-order chi connectivity index (χ0) is 23.7. The molecule has 0 radical (unpaired) electrons. The number of benzene rings is 2. The molecular formula is C24H28FN3O5S. The highest BCUT2D eigenvalue weighted by Crippen LogP contribution is 2.32. The number of hydrogen-bond donors (Lipinski definition) is 0. The molecule has 0 unspecified atom stereocenters. The second-order valence-electron chi connectivity index (χ2n) is 9.11. The number of piperidine rings is 1. The highest BCUT2D eigenvalue weighted by atomic mass is 32.2. The van der Waals surface area contributed by atoms with E-state index in [1.807, 2.05) is 24.3 Å². The predicted octanol–water partition coefficient (Wildman–Crippen LogP) is 3.42. The van der Waals surface area contributed by atoms with E-state index in [1.165, 1.54) is 12.1 Å². The summed E-state index contributed by atoms with van der Waals surface area (Å²) >= 11 is 0. The summed E-state index contributed by atoms with van der Waals surface area (Å²) in [5.74, 6) is 1.57. The maximum absolute atomic E-state index is 13.7. The van der Waals surface area contributed by atoms with Crippen molar-refractivity contribution in [3.8, 4) is 5.75 Å². The summed E-state index contributed by atoms with van der Waals surface area (Å²) in [5.41, 5.74) is 1.36. The second-order valence-corrected chi connectivity index (χ2v) is 10.8. The highest BCUT2D eigenvalue weighted by molar-refractivity contribution is 7.85. The Labute approximate surface area is 198 Å². The van der Waals surface area contributed by atoms with Crippen molar-refractivity contribution < 1.29 is 26.3 Å². The van der Waals surface area contributed by atoms with Crippen LogP contribution in [0.25, 0.3) is 11.0 Å². The summed E-state index contributed by atoms with van der Waals surface area (Å²) < 4.78 is 52.5. The normalized spacial score (nSPS) is 21.5. The van der Waals surface area contributed by atoms with Crippen molar-refractivity contribution in [3.63, 3.8) is 0 Å². The number of rotatable bonds is 7. The molecule has 2 aromatic carbocycles. The van der Waals surface area contributed by atoms with E-state index in [0.29, 0.717) is 29.9 Å². The summed E-state index contributed by atoms with van der Waals surface area (Å²) in [7, 11) is -3.48. The average Bonchev–Trinajstić information content (AvgIpc) is 3.24. The van der Waals surface area contributed by atoms with Gasteiger partial charge < -0.3 is 14.2 Å². The van der Waals surface area contributed by atoms with Gasteiger partial charge in [0.15, 0.2) is 11.4 Å². The Morgan fingerprint density at radius 2 is 2.03 bits per heavy atom. The minimum atomic E-state index is -3.48. The summed E-state index contributed by atoms with van der Waals surface area (Å²) in [6.07, 6.45) is 3.15. The Bertz CT molecular complexity index is 1260. The Morgan fingerprint density at radius 1 is 1.15 bits per heavy atom. The largest absolute Gasteiger partial charge is 0.493 e. The monoisotopic (exact) mass is 489 g/mol. The van der Waals surface area contributed by atoms with Crippen molar-refractivity contribution >= 4 is 26.9 Å². The van der Waals surface area contributed by atoms with Gasteiger partial charge in [0.05, 0.1) is 24.9 Å². The molecule has 0 bridgehead atoms.